The molecule has 1 fully saturated rings. The molecule has 6 rings (SSSR count). The minimum Gasteiger partial charge on any atom is -0.271 e. The Balaban J connectivity index is 1.24. The van der Waals surface area contributed by atoms with Crippen molar-refractivity contribution in [3.63, 3.8) is 0 Å². The van der Waals surface area contributed by atoms with Crippen molar-refractivity contribution < 1.29 is 19.3 Å². The van der Waals surface area contributed by atoms with Gasteiger partial charge in [-0.1, -0.05) is 63.6 Å². The van der Waals surface area contributed by atoms with E-state index < -0.39 is 34.7 Å². The zero-order chi connectivity index (χ0) is 28.0. The summed E-state index contributed by atoms with van der Waals surface area (Å²) < 4.78 is 0.926. The summed E-state index contributed by atoms with van der Waals surface area (Å²) in [6, 6.07) is 19.7. The van der Waals surface area contributed by atoms with Gasteiger partial charge in [-0.15, -0.1) is 0 Å². The maximum Gasteiger partial charge on any atom is 0.269 e. The lowest BCUT2D eigenvalue weighted by atomic mass is 9.98. The molecule has 3 aliphatic heterocycles. The number of fused-ring (bicyclic) bond motifs is 1. The standard InChI is InChI=1S/C27H20BrN7O5/c28-18-8-6-16(7-9-18)21-14-22(17-4-2-1-3-5-17)34(30-21)23(36)15-32-25-24(29-31-32)26(37)33(27(25)38)19-10-12-20(13-11-19)35(39)40/h1-13,22,24-25H,14-15H2. The number of amides is 3. The van der Waals surface area contributed by atoms with E-state index in [-0.39, 0.29) is 24.0 Å². The highest BCUT2D eigenvalue weighted by atomic mass is 79.9. The van der Waals surface area contributed by atoms with Gasteiger partial charge in [-0.25, -0.2) is 9.91 Å². The van der Waals surface area contributed by atoms with Gasteiger partial charge < -0.3 is 0 Å². The molecular weight excluding hydrogens is 582 g/mol. The van der Waals surface area contributed by atoms with E-state index in [0.29, 0.717) is 6.42 Å². The van der Waals surface area contributed by atoms with Gasteiger partial charge in [0.05, 0.1) is 22.4 Å². The number of halogens is 1. The summed E-state index contributed by atoms with van der Waals surface area (Å²) in [5, 5.41) is 26.2. The van der Waals surface area contributed by atoms with E-state index >= 15 is 0 Å². The predicted molar refractivity (Wildman–Crippen MR) is 146 cm³/mol. The molecule has 3 amide bonds. The molecule has 0 aliphatic carbocycles. The molecule has 0 saturated carbocycles. The Hall–Kier alpha value is -4.78. The van der Waals surface area contributed by atoms with E-state index in [1.54, 1.807) is 0 Å². The first-order valence-corrected chi connectivity index (χ1v) is 13.1. The van der Waals surface area contributed by atoms with Crippen LogP contribution in [0.4, 0.5) is 11.4 Å². The quantitative estimate of drug-likeness (QED) is 0.237. The number of anilines is 1. The number of rotatable bonds is 6. The number of non-ortho nitro benzene ring substituents is 1. The Labute approximate surface area is 235 Å². The molecule has 40 heavy (non-hydrogen) atoms. The Morgan fingerprint density at radius 2 is 1.68 bits per heavy atom. The monoisotopic (exact) mass is 601 g/mol. The fourth-order valence-electron chi connectivity index (χ4n) is 5.03. The van der Waals surface area contributed by atoms with Crippen LogP contribution in [0.3, 0.4) is 0 Å². The SMILES string of the molecule is O=C1C2N=NN(CC(=O)N3N=C(c4ccc(Br)cc4)CC3c3ccccc3)C2C(=O)N1c1ccc([N+](=O)[O-])cc1. The minimum absolute atomic E-state index is 0.170. The highest BCUT2D eigenvalue weighted by molar-refractivity contribution is 9.10. The number of nitrogens with zero attached hydrogens (tertiary/aromatic N) is 7. The number of benzene rings is 3. The van der Waals surface area contributed by atoms with Crippen molar-refractivity contribution in [3.05, 3.63) is 105 Å². The minimum atomic E-state index is -1.11. The first-order valence-electron chi connectivity index (χ1n) is 12.3. The fourth-order valence-corrected chi connectivity index (χ4v) is 5.30. The van der Waals surface area contributed by atoms with Crippen LogP contribution >= 0.6 is 15.9 Å². The second-order valence-corrected chi connectivity index (χ2v) is 10.3. The van der Waals surface area contributed by atoms with Crippen LogP contribution in [0.25, 0.3) is 0 Å². The third kappa shape index (κ3) is 4.43. The average molecular weight is 602 g/mol. The van der Waals surface area contributed by atoms with Gasteiger partial charge >= 0.3 is 0 Å². The van der Waals surface area contributed by atoms with Gasteiger partial charge in [-0.2, -0.15) is 10.2 Å². The van der Waals surface area contributed by atoms with Gasteiger partial charge in [0.1, 0.15) is 6.54 Å². The summed E-state index contributed by atoms with van der Waals surface area (Å²) in [5.74, 6) is -1.63. The van der Waals surface area contributed by atoms with Crippen molar-refractivity contribution in [1.82, 2.24) is 10.0 Å². The number of hydrogen-bond acceptors (Lipinski definition) is 9. The van der Waals surface area contributed by atoms with E-state index in [4.69, 9.17) is 0 Å². The van der Waals surface area contributed by atoms with Crippen molar-refractivity contribution in [2.45, 2.75) is 24.5 Å². The maximum absolute atomic E-state index is 13.6. The first-order chi connectivity index (χ1) is 19.3. The highest BCUT2D eigenvalue weighted by Crippen LogP contribution is 2.35. The molecular formula is C27H20BrN7O5. The molecule has 3 aromatic rings. The normalized spacial score (nSPS) is 21.7. The summed E-state index contributed by atoms with van der Waals surface area (Å²) in [6.07, 6.45) is 0.496. The zero-order valence-electron chi connectivity index (χ0n) is 20.7. The molecule has 12 nitrogen and oxygen atoms in total. The number of hydrogen-bond donors (Lipinski definition) is 0. The molecule has 0 bridgehead atoms. The largest absolute Gasteiger partial charge is 0.271 e. The number of nitro benzene ring substituents is 1. The molecule has 13 heteroatoms. The number of nitro groups is 1. The van der Waals surface area contributed by atoms with Crippen molar-refractivity contribution in [2.24, 2.45) is 15.4 Å². The molecule has 3 aromatic carbocycles. The third-order valence-electron chi connectivity index (χ3n) is 7.00. The molecule has 1 saturated heterocycles. The second-order valence-electron chi connectivity index (χ2n) is 9.40. The number of imide groups is 1. The Morgan fingerprint density at radius 3 is 2.35 bits per heavy atom. The van der Waals surface area contributed by atoms with Crippen LogP contribution in [-0.4, -0.2) is 57.0 Å². The Bertz CT molecular complexity index is 1580. The van der Waals surface area contributed by atoms with Gasteiger partial charge in [0.25, 0.3) is 23.4 Å². The van der Waals surface area contributed by atoms with Crippen molar-refractivity contribution >= 4 is 50.7 Å². The molecule has 0 aromatic heterocycles. The smallest absolute Gasteiger partial charge is 0.269 e. The molecule has 3 unspecified atom stereocenters. The van der Waals surface area contributed by atoms with Gasteiger partial charge in [0.15, 0.2) is 12.1 Å². The van der Waals surface area contributed by atoms with Gasteiger partial charge in [0, 0.05) is 23.0 Å². The molecule has 0 N–H and O–H groups in total. The molecule has 3 heterocycles. The van der Waals surface area contributed by atoms with E-state index in [1.165, 1.54) is 34.3 Å². The van der Waals surface area contributed by atoms with Crippen molar-refractivity contribution in [1.29, 1.82) is 0 Å². The second kappa shape index (κ2) is 10.1. The summed E-state index contributed by atoms with van der Waals surface area (Å²) in [6.45, 7) is -0.321. The summed E-state index contributed by atoms with van der Waals surface area (Å²) in [7, 11) is 0. The molecule has 0 spiro atoms. The van der Waals surface area contributed by atoms with Crippen LogP contribution in [0.2, 0.25) is 0 Å². The maximum atomic E-state index is 13.6. The fraction of sp³-hybridized carbons (Fsp3) is 0.185. The van der Waals surface area contributed by atoms with Gasteiger partial charge in [0.2, 0.25) is 0 Å². The van der Waals surface area contributed by atoms with E-state index in [1.807, 2.05) is 54.6 Å². The van der Waals surface area contributed by atoms with E-state index in [2.05, 4.69) is 31.4 Å². The van der Waals surface area contributed by atoms with Crippen LogP contribution in [0, 0.1) is 10.1 Å². The Kier molecular flexibility index (Phi) is 6.42. The molecule has 0 radical (unpaired) electrons. The van der Waals surface area contributed by atoms with Crippen LogP contribution in [0.1, 0.15) is 23.6 Å². The van der Waals surface area contributed by atoms with E-state index in [0.717, 1.165) is 26.2 Å². The van der Waals surface area contributed by atoms with Crippen LogP contribution in [0.5, 0.6) is 0 Å². The topological polar surface area (TPSA) is 141 Å². The van der Waals surface area contributed by atoms with Crippen LogP contribution in [-0.2, 0) is 14.4 Å². The highest BCUT2D eigenvalue weighted by Gasteiger charge is 2.55. The van der Waals surface area contributed by atoms with Gasteiger partial charge in [-0.3, -0.25) is 29.5 Å². The zero-order valence-corrected chi connectivity index (χ0v) is 22.3. The lowest BCUT2D eigenvalue weighted by Crippen LogP contribution is -2.44. The lowest BCUT2D eigenvalue weighted by molar-refractivity contribution is -0.384. The van der Waals surface area contributed by atoms with Crippen LogP contribution < -0.4 is 4.90 Å². The van der Waals surface area contributed by atoms with E-state index in [9.17, 15) is 24.5 Å². The predicted octanol–water partition coefficient (Wildman–Crippen LogP) is 4.03. The number of hydrazone groups is 1. The average Bonchev–Trinajstić information content (AvgIpc) is 3.65. The van der Waals surface area contributed by atoms with Crippen molar-refractivity contribution in [2.75, 3.05) is 11.4 Å². The third-order valence-corrected chi connectivity index (χ3v) is 7.53. The summed E-state index contributed by atoms with van der Waals surface area (Å²) in [4.78, 5) is 51.4. The summed E-state index contributed by atoms with van der Waals surface area (Å²) in [5.41, 5.74) is 2.55. The molecule has 3 aliphatic rings. The lowest BCUT2D eigenvalue weighted by Gasteiger charge is -2.25. The number of carbonyl (C=O) groups is 3. The number of carbonyl (C=O) groups excluding carboxylic acids is 3. The molecule has 3 atom stereocenters. The van der Waals surface area contributed by atoms with Gasteiger partial charge in [-0.05, 0) is 35.4 Å². The Morgan fingerprint density at radius 1 is 0.975 bits per heavy atom. The summed E-state index contributed by atoms with van der Waals surface area (Å²) >= 11 is 3.43. The van der Waals surface area contributed by atoms with Crippen molar-refractivity contribution in [3.8, 4) is 0 Å². The first kappa shape index (κ1) is 25.5. The van der Waals surface area contributed by atoms with Crippen LogP contribution in [0.15, 0.2) is 98.8 Å². The molecule has 200 valence electrons.